The first-order chi connectivity index (χ1) is 7.72. The number of hydrogen-bond acceptors (Lipinski definition) is 3. The van der Waals surface area contributed by atoms with Gasteiger partial charge in [0.05, 0.1) is 5.75 Å². The number of ketones is 1. The van der Waals surface area contributed by atoms with Gasteiger partial charge < -0.3 is 0 Å². The molecule has 0 fully saturated rings. The number of hydrogen-bond donors (Lipinski definition) is 0. The molecule has 0 unspecified atom stereocenters. The van der Waals surface area contributed by atoms with E-state index in [1.165, 1.54) is 41.6 Å². The molecule has 1 rings (SSSR count). The number of halogens is 3. The Morgan fingerprint density at radius 2 is 2.12 bits per heavy atom. The van der Waals surface area contributed by atoms with E-state index in [9.17, 15) is 17.6 Å². The van der Waals surface area contributed by atoms with Crippen molar-refractivity contribution in [2.75, 3.05) is 5.75 Å². The fourth-order valence-corrected chi connectivity index (χ4v) is 3.57. The van der Waals surface area contributed by atoms with E-state index in [0.29, 0.717) is 0 Å². The molecule has 0 bridgehead atoms. The number of carbonyl (C=O) groups excluding carboxylic acids is 1. The summed E-state index contributed by atoms with van der Waals surface area (Å²) in [5, 5.41) is 0. The van der Waals surface area contributed by atoms with Crippen LogP contribution in [0.15, 0.2) is 24.3 Å². The number of benzene rings is 1. The molecule has 17 heavy (non-hydrogen) atoms. The zero-order valence-electron chi connectivity index (χ0n) is 8.78. The SMILES string of the molecule is CCS(=O)(=O)[C@](Cl)(I)C(=O)c1cccc(F)c1. The van der Waals surface area contributed by atoms with Crippen molar-refractivity contribution < 1.29 is 17.6 Å². The average Bonchev–Trinajstić information content (AvgIpc) is 2.27. The Morgan fingerprint density at radius 1 is 1.53 bits per heavy atom. The van der Waals surface area contributed by atoms with E-state index in [2.05, 4.69) is 0 Å². The number of carbonyl (C=O) groups is 1. The molecule has 1 aromatic rings. The van der Waals surface area contributed by atoms with Gasteiger partial charge in [-0.25, -0.2) is 12.8 Å². The van der Waals surface area contributed by atoms with Crippen molar-refractivity contribution in [1.29, 1.82) is 0 Å². The van der Waals surface area contributed by atoms with Gasteiger partial charge in [0.25, 0.3) is 2.21 Å². The summed E-state index contributed by atoms with van der Waals surface area (Å²) in [5.41, 5.74) is -0.0635. The molecular weight excluding hydrogens is 382 g/mol. The minimum Gasteiger partial charge on any atom is -0.290 e. The molecule has 0 amide bonds. The van der Waals surface area contributed by atoms with E-state index in [4.69, 9.17) is 11.6 Å². The van der Waals surface area contributed by atoms with Crippen molar-refractivity contribution in [2.45, 2.75) is 9.14 Å². The molecule has 94 valence electrons. The number of Topliss-reactive ketones (excluding diaryl/α,β-unsaturated/α-hetero) is 1. The van der Waals surface area contributed by atoms with Crippen molar-refractivity contribution in [3.63, 3.8) is 0 Å². The van der Waals surface area contributed by atoms with Crippen molar-refractivity contribution in [2.24, 2.45) is 0 Å². The quantitative estimate of drug-likeness (QED) is 0.451. The fraction of sp³-hybridized carbons (Fsp3) is 0.300. The number of alkyl halides is 2. The molecule has 0 heterocycles. The van der Waals surface area contributed by atoms with Crippen molar-refractivity contribution in [3.8, 4) is 0 Å². The monoisotopic (exact) mass is 390 g/mol. The van der Waals surface area contributed by atoms with Gasteiger partial charge in [-0.3, -0.25) is 4.79 Å². The molecule has 7 heteroatoms. The van der Waals surface area contributed by atoms with Crippen LogP contribution in [0.1, 0.15) is 17.3 Å². The highest BCUT2D eigenvalue weighted by Gasteiger charge is 2.45. The van der Waals surface area contributed by atoms with E-state index in [-0.39, 0.29) is 11.3 Å². The molecule has 0 aliphatic rings. The second-order valence-corrected chi connectivity index (χ2v) is 9.46. The summed E-state index contributed by atoms with van der Waals surface area (Å²) in [5.74, 6) is -1.71. The molecule has 0 radical (unpaired) electrons. The number of sulfone groups is 1. The van der Waals surface area contributed by atoms with Gasteiger partial charge in [0.2, 0.25) is 5.78 Å². The summed E-state index contributed by atoms with van der Waals surface area (Å²) in [6, 6.07) is 4.77. The van der Waals surface area contributed by atoms with E-state index in [1.54, 1.807) is 0 Å². The topological polar surface area (TPSA) is 51.2 Å². The van der Waals surface area contributed by atoms with Crippen LogP contribution >= 0.6 is 34.2 Å². The summed E-state index contributed by atoms with van der Waals surface area (Å²) >= 11 is 7.16. The van der Waals surface area contributed by atoms with Gasteiger partial charge in [-0.15, -0.1) is 0 Å². The third-order valence-electron chi connectivity index (χ3n) is 2.12. The zero-order valence-corrected chi connectivity index (χ0v) is 12.5. The summed E-state index contributed by atoms with van der Waals surface area (Å²) < 4.78 is 34.2. The van der Waals surface area contributed by atoms with Crippen molar-refractivity contribution in [3.05, 3.63) is 35.6 Å². The van der Waals surface area contributed by atoms with Crippen LogP contribution < -0.4 is 0 Å². The van der Waals surface area contributed by atoms with Gasteiger partial charge in [-0.05, 0) is 34.7 Å². The van der Waals surface area contributed by atoms with Gasteiger partial charge in [0.15, 0.2) is 9.84 Å². The van der Waals surface area contributed by atoms with Crippen LogP contribution in [-0.2, 0) is 9.84 Å². The van der Waals surface area contributed by atoms with Crippen LogP contribution in [0, 0.1) is 5.82 Å². The van der Waals surface area contributed by atoms with Crippen LogP contribution in [0.4, 0.5) is 4.39 Å². The first kappa shape index (κ1) is 14.8. The van der Waals surface area contributed by atoms with Crippen molar-refractivity contribution in [1.82, 2.24) is 0 Å². The lowest BCUT2D eigenvalue weighted by Gasteiger charge is -2.18. The zero-order chi connectivity index (χ0) is 13.3. The van der Waals surface area contributed by atoms with E-state index < -0.39 is 23.7 Å². The Balaban J connectivity index is 3.23. The normalized spacial score (nSPS) is 15.3. The van der Waals surface area contributed by atoms with Gasteiger partial charge in [-0.1, -0.05) is 30.7 Å². The Hall–Kier alpha value is -0.210. The molecule has 0 spiro atoms. The third kappa shape index (κ3) is 2.97. The lowest BCUT2D eigenvalue weighted by atomic mass is 10.1. The standard InChI is InChI=1S/C10H9ClFIO3S/c1-2-17(15,16)10(11,13)9(14)7-4-3-5-8(12)6-7/h3-6H,2H2,1H3/t10-/m1/s1. The van der Waals surface area contributed by atoms with Gasteiger partial charge in [0.1, 0.15) is 5.82 Å². The Bertz CT molecular complexity index is 542. The largest absolute Gasteiger partial charge is 0.290 e. The summed E-state index contributed by atoms with van der Waals surface area (Å²) in [6.45, 7) is 1.39. The molecule has 0 aromatic heterocycles. The van der Waals surface area contributed by atoms with E-state index in [0.717, 1.165) is 12.1 Å². The van der Waals surface area contributed by atoms with Crippen LogP contribution in [0.2, 0.25) is 0 Å². The Morgan fingerprint density at radius 3 is 2.59 bits per heavy atom. The highest BCUT2D eigenvalue weighted by molar-refractivity contribution is 14.1. The molecule has 0 aliphatic carbocycles. The predicted octanol–water partition coefficient (Wildman–Crippen LogP) is 2.77. The molecule has 0 aliphatic heterocycles. The van der Waals surface area contributed by atoms with Crippen LogP contribution in [0.25, 0.3) is 0 Å². The lowest BCUT2D eigenvalue weighted by Crippen LogP contribution is -2.36. The van der Waals surface area contributed by atoms with Crippen molar-refractivity contribution >= 4 is 49.8 Å². The Labute approximate surface area is 117 Å². The maximum absolute atomic E-state index is 12.9. The maximum Gasteiger partial charge on any atom is 0.257 e. The van der Waals surface area contributed by atoms with E-state index in [1.807, 2.05) is 0 Å². The van der Waals surface area contributed by atoms with Crippen LogP contribution in [0.5, 0.6) is 0 Å². The minimum absolute atomic E-state index is 0.0635. The molecular formula is C10H9ClFIO3S. The average molecular weight is 391 g/mol. The van der Waals surface area contributed by atoms with Crippen LogP contribution in [0.3, 0.4) is 0 Å². The molecule has 0 N–H and O–H groups in total. The highest BCUT2D eigenvalue weighted by Crippen LogP contribution is 2.35. The second-order valence-electron chi connectivity index (χ2n) is 3.26. The summed E-state index contributed by atoms with van der Waals surface area (Å²) in [7, 11) is -3.78. The fourth-order valence-electron chi connectivity index (χ4n) is 1.12. The second kappa shape index (κ2) is 5.19. The molecule has 0 saturated heterocycles. The lowest BCUT2D eigenvalue weighted by molar-refractivity contribution is 0.100. The smallest absolute Gasteiger partial charge is 0.257 e. The van der Waals surface area contributed by atoms with E-state index >= 15 is 0 Å². The van der Waals surface area contributed by atoms with Gasteiger partial charge in [-0.2, -0.15) is 0 Å². The molecule has 1 aromatic carbocycles. The molecule has 0 saturated carbocycles. The summed E-state index contributed by atoms with van der Waals surface area (Å²) in [6.07, 6.45) is 0. The predicted molar refractivity (Wildman–Crippen MR) is 72.8 cm³/mol. The Kier molecular flexibility index (Phi) is 4.54. The first-order valence-electron chi connectivity index (χ1n) is 4.63. The third-order valence-corrected chi connectivity index (χ3v) is 7.23. The maximum atomic E-state index is 12.9. The molecule has 3 nitrogen and oxygen atoms in total. The summed E-state index contributed by atoms with van der Waals surface area (Å²) in [4.78, 5) is 11.9. The minimum atomic E-state index is -3.78. The highest BCUT2D eigenvalue weighted by atomic mass is 127. The number of rotatable bonds is 4. The van der Waals surface area contributed by atoms with Crippen LogP contribution in [-0.4, -0.2) is 22.2 Å². The van der Waals surface area contributed by atoms with Gasteiger partial charge >= 0.3 is 0 Å². The molecule has 1 atom stereocenters. The van der Waals surface area contributed by atoms with Gasteiger partial charge in [0, 0.05) is 5.56 Å². The first-order valence-corrected chi connectivity index (χ1v) is 7.73.